The highest BCUT2D eigenvalue weighted by atomic mass is 16.3. The fourth-order valence-electron chi connectivity index (χ4n) is 1.96. The van der Waals surface area contributed by atoms with Crippen molar-refractivity contribution < 1.29 is 9.90 Å². The van der Waals surface area contributed by atoms with E-state index in [1.54, 1.807) is 0 Å². The highest BCUT2D eigenvalue weighted by Gasteiger charge is 2.10. The van der Waals surface area contributed by atoms with Gasteiger partial charge in [-0.3, -0.25) is 0 Å². The van der Waals surface area contributed by atoms with E-state index in [0.717, 1.165) is 16.5 Å². The lowest BCUT2D eigenvalue weighted by atomic mass is 10.1. The molecular weight excluding hydrogens is 240 g/mol. The molecule has 0 spiro atoms. The van der Waals surface area contributed by atoms with E-state index in [1.807, 2.05) is 49.4 Å². The molecule has 0 bridgehead atoms. The summed E-state index contributed by atoms with van der Waals surface area (Å²) in [5, 5.41) is 16.7. The molecule has 1 atom stereocenters. The minimum atomic E-state index is -0.294. The van der Waals surface area contributed by atoms with Crippen LogP contribution in [-0.2, 0) is 0 Å². The number of rotatable bonds is 4. The first-order chi connectivity index (χ1) is 9.24. The normalized spacial score (nSPS) is 12.1. The summed E-state index contributed by atoms with van der Waals surface area (Å²) in [5.74, 6) is 0. The largest absolute Gasteiger partial charge is 0.394 e. The maximum Gasteiger partial charge on any atom is 0.319 e. The van der Waals surface area contributed by atoms with E-state index in [1.165, 1.54) is 0 Å². The molecule has 3 N–H and O–H groups in total. The van der Waals surface area contributed by atoms with Gasteiger partial charge in [-0.2, -0.15) is 0 Å². The number of nitrogens with one attached hydrogen (secondary N) is 2. The van der Waals surface area contributed by atoms with Crippen molar-refractivity contribution >= 4 is 22.5 Å². The summed E-state index contributed by atoms with van der Waals surface area (Å²) in [6.45, 7) is 1.86. The van der Waals surface area contributed by atoms with Gasteiger partial charge in [-0.05, 0) is 17.9 Å². The molecule has 0 aliphatic heterocycles. The first kappa shape index (κ1) is 13.4. The monoisotopic (exact) mass is 258 g/mol. The van der Waals surface area contributed by atoms with Crippen LogP contribution in [0.4, 0.5) is 10.5 Å². The Morgan fingerprint density at radius 1 is 1.21 bits per heavy atom. The summed E-state index contributed by atoms with van der Waals surface area (Å²) in [5.41, 5.74) is 0.767. The first-order valence-corrected chi connectivity index (χ1v) is 6.40. The molecule has 2 rings (SSSR count). The van der Waals surface area contributed by atoms with E-state index in [-0.39, 0.29) is 18.7 Å². The van der Waals surface area contributed by atoms with Gasteiger partial charge in [-0.1, -0.05) is 43.3 Å². The minimum Gasteiger partial charge on any atom is -0.394 e. The summed E-state index contributed by atoms with van der Waals surface area (Å²) in [7, 11) is 0. The Bertz CT molecular complexity index is 560. The molecule has 0 aliphatic rings. The van der Waals surface area contributed by atoms with E-state index in [0.29, 0.717) is 6.42 Å². The van der Waals surface area contributed by atoms with Crippen molar-refractivity contribution in [3.63, 3.8) is 0 Å². The van der Waals surface area contributed by atoms with Crippen LogP contribution in [0.2, 0.25) is 0 Å². The maximum atomic E-state index is 11.9. The van der Waals surface area contributed by atoms with Crippen molar-refractivity contribution in [3.05, 3.63) is 42.5 Å². The lowest BCUT2D eigenvalue weighted by Crippen LogP contribution is -2.39. The molecule has 2 aromatic carbocycles. The predicted molar refractivity (Wildman–Crippen MR) is 77.3 cm³/mol. The molecule has 0 saturated carbocycles. The Labute approximate surface area is 112 Å². The van der Waals surface area contributed by atoms with Crippen molar-refractivity contribution in [2.45, 2.75) is 19.4 Å². The molecule has 2 aromatic rings. The average molecular weight is 258 g/mol. The third kappa shape index (κ3) is 3.23. The van der Waals surface area contributed by atoms with Crippen molar-refractivity contribution in [2.24, 2.45) is 0 Å². The molecule has 0 aromatic heterocycles. The topological polar surface area (TPSA) is 61.4 Å². The van der Waals surface area contributed by atoms with Gasteiger partial charge >= 0.3 is 6.03 Å². The Kier molecular flexibility index (Phi) is 4.36. The number of carbonyl (C=O) groups is 1. The van der Waals surface area contributed by atoms with Crippen LogP contribution in [0.5, 0.6) is 0 Å². The number of carbonyl (C=O) groups excluding carboxylic acids is 1. The van der Waals surface area contributed by atoms with Gasteiger partial charge in [-0.25, -0.2) is 4.79 Å². The number of hydrogen-bond donors (Lipinski definition) is 3. The SMILES string of the molecule is CCC(CO)NC(=O)Nc1cccc2ccccc12. The third-order valence-electron chi connectivity index (χ3n) is 3.09. The quantitative estimate of drug-likeness (QED) is 0.789. The Balaban J connectivity index is 2.15. The molecule has 4 heteroatoms. The van der Waals surface area contributed by atoms with Gasteiger partial charge in [0.2, 0.25) is 0 Å². The van der Waals surface area contributed by atoms with Crippen molar-refractivity contribution in [1.29, 1.82) is 0 Å². The van der Waals surface area contributed by atoms with Gasteiger partial charge in [-0.15, -0.1) is 0 Å². The number of urea groups is 1. The molecule has 0 aliphatic carbocycles. The molecule has 0 heterocycles. The van der Waals surface area contributed by atoms with E-state index in [4.69, 9.17) is 5.11 Å². The summed E-state index contributed by atoms with van der Waals surface area (Å²) in [6.07, 6.45) is 0.694. The van der Waals surface area contributed by atoms with Gasteiger partial charge in [0.25, 0.3) is 0 Å². The lowest BCUT2D eigenvalue weighted by molar-refractivity contribution is 0.222. The number of anilines is 1. The average Bonchev–Trinajstić information content (AvgIpc) is 2.45. The van der Waals surface area contributed by atoms with Crippen LogP contribution in [0.15, 0.2) is 42.5 Å². The lowest BCUT2D eigenvalue weighted by Gasteiger charge is -2.15. The van der Waals surface area contributed by atoms with Crippen LogP contribution < -0.4 is 10.6 Å². The number of fused-ring (bicyclic) bond motifs is 1. The molecule has 0 radical (unpaired) electrons. The summed E-state index contributed by atoms with van der Waals surface area (Å²) >= 11 is 0. The fourth-order valence-corrected chi connectivity index (χ4v) is 1.96. The molecule has 100 valence electrons. The number of aliphatic hydroxyl groups is 1. The molecule has 0 fully saturated rings. The molecule has 19 heavy (non-hydrogen) atoms. The van der Waals surface area contributed by atoms with Crippen molar-refractivity contribution in [1.82, 2.24) is 5.32 Å². The number of hydrogen-bond acceptors (Lipinski definition) is 2. The molecule has 4 nitrogen and oxygen atoms in total. The zero-order valence-corrected chi connectivity index (χ0v) is 10.9. The highest BCUT2D eigenvalue weighted by molar-refractivity contribution is 6.01. The Morgan fingerprint density at radius 2 is 1.95 bits per heavy atom. The summed E-state index contributed by atoms with van der Waals surface area (Å²) in [4.78, 5) is 11.9. The zero-order valence-electron chi connectivity index (χ0n) is 10.9. The Hall–Kier alpha value is -2.07. The van der Waals surface area contributed by atoms with Gasteiger partial charge in [0.05, 0.1) is 18.3 Å². The molecule has 1 unspecified atom stereocenters. The van der Waals surface area contributed by atoms with E-state index in [9.17, 15) is 4.79 Å². The second-order valence-corrected chi connectivity index (χ2v) is 4.41. The minimum absolute atomic E-state index is 0.0561. The van der Waals surface area contributed by atoms with Crippen molar-refractivity contribution in [3.8, 4) is 0 Å². The molecular formula is C15H18N2O2. The third-order valence-corrected chi connectivity index (χ3v) is 3.09. The van der Waals surface area contributed by atoms with Crippen LogP contribution in [-0.4, -0.2) is 23.8 Å². The van der Waals surface area contributed by atoms with E-state index < -0.39 is 0 Å². The van der Waals surface area contributed by atoms with Crippen LogP contribution in [0, 0.1) is 0 Å². The van der Waals surface area contributed by atoms with Gasteiger partial charge in [0, 0.05) is 5.39 Å². The van der Waals surface area contributed by atoms with Crippen LogP contribution in [0.3, 0.4) is 0 Å². The van der Waals surface area contributed by atoms with E-state index in [2.05, 4.69) is 10.6 Å². The number of amides is 2. The van der Waals surface area contributed by atoms with Crippen LogP contribution in [0.25, 0.3) is 10.8 Å². The smallest absolute Gasteiger partial charge is 0.319 e. The maximum absolute atomic E-state index is 11.9. The van der Waals surface area contributed by atoms with Gasteiger partial charge in [0.1, 0.15) is 0 Å². The zero-order chi connectivity index (χ0) is 13.7. The second kappa shape index (κ2) is 6.20. The predicted octanol–water partition coefficient (Wildman–Crippen LogP) is 2.73. The van der Waals surface area contributed by atoms with Crippen molar-refractivity contribution in [2.75, 3.05) is 11.9 Å². The summed E-state index contributed by atoms with van der Waals surface area (Å²) < 4.78 is 0. The fraction of sp³-hybridized carbons (Fsp3) is 0.267. The standard InChI is InChI=1S/C15H18N2O2/c1-2-12(10-18)16-15(19)17-14-9-5-7-11-6-3-4-8-13(11)14/h3-9,12,18H,2,10H2,1H3,(H2,16,17,19). The van der Waals surface area contributed by atoms with E-state index >= 15 is 0 Å². The Morgan fingerprint density at radius 3 is 2.68 bits per heavy atom. The number of aliphatic hydroxyl groups excluding tert-OH is 1. The van der Waals surface area contributed by atoms with Crippen LogP contribution >= 0.6 is 0 Å². The van der Waals surface area contributed by atoms with Crippen LogP contribution in [0.1, 0.15) is 13.3 Å². The molecule has 0 saturated heterocycles. The molecule has 2 amide bonds. The first-order valence-electron chi connectivity index (χ1n) is 6.40. The van der Waals surface area contributed by atoms with Gasteiger partial charge in [0.15, 0.2) is 0 Å². The van der Waals surface area contributed by atoms with Gasteiger partial charge < -0.3 is 15.7 Å². The second-order valence-electron chi connectivity index (χ2n) is 4.41. The highest BCUT2D eigenvalue weighted by Crippen LogP contribution is 2.22. The summed E-state index contributed by atoms with van der Waals surface area (Å²) in [6, 6.07) is 13.1. The number of benzene rings is 2.